The number of urea groups is 1. The highest BCUT2D eigenvalue weighted by atomic mass is 16.2. The number of Topliss-reactive ketones (excluding diaryl/α,β-unsaturated/α-hetero) is 1. The summed E-state index contributed by atoms with van der Waals surface area (Å²) in [5, 5.41) is 5.61. The van der Waals surface area contributed by atoms with E-state index in [1.807, 2.05) is 41.5 Å². The zero-order chi connectivity index (χ0) is 15.6. The standard InChI is InChI=1S/C16H24N2O2/c1-8(2)17-16(20)18-15-12(6)10(4)9(3)11(5)14(15)13(7)19/h8H,1-7H3,(H2,17,18,20). The summed E-state index contributed by atoms with van der Waals surface area (Å²) in [5.74, 6) is -0.0338. The van der Waals surface area contributed by atoms with E-state index in [4.69, 9.17) is 0 Å². The SMILES string of the molecule is CC(=O)c1c(C)c(C)c(C)c(C)c1NC(=O)NC(C)C. The average molecular weight is 276 g/mol. The van der Waals surface area contributed by atoms with Gasteiger partial charge in [0.1, 0.15) is 0 Å². The van der Waals surface area contributed by atoms with Gasteiger partial charge in [-0.25, -0.2) is 4.79 Å². The van der Waals surface area contributed by atoms with Crippen molar-refractivity contribution in [1.29, 1.82) is 0 Å². The van der Waals surface area contributed by atoms with Gasteiger partial charge < -0.3 is 10.6 Å². The second-order valence-corrected chi connectivity index (χ2v) is 5.56. The largest absolute Gasteiger partial charge is 0.336 e. The molecule has 0 saturated carbocycles. The number of hydrogen-bond donors (Lipinski definition) is 2. The molecular formula is C16H24N2O2. The number of carbonyl (C=O) groups is 2. The fourth-order valence-corrected chi connectivity index (χ4v) is 2.32. The highest BCUT2D eigenvalue weighted by molar-refractivity contribution is 6.06. The summed E-state index contributed by atoms with van der Waals surface area (Å²) in [6, 6.07) is -0.239. The minimum atomic E-state index is -0.284. The van der Waals surface area contributed by atoms with E-state index in [1.54, 1.807) is 0 Å². The van der Waals surface area contributed by atoms with Crippen LogP contribution in [0.3, 0.4) is 0 Å². The smallest absolute Gasteiger partial charge is 0.319 e. The zero-order valence-corrected chi connectivity index (χ0v) is 13.4. The maximum Gasteiger partial charge on any atom is 0.319 e. The summed E-state index contributed by atoms with van der Waals surface area (Å²) < 4.78 is 0. The third kappa shape index (κ3) is 3.18. The first-order chi connectivity index (χ1) is 9.16. The number of anilines is 1. The molecule has 0 bridgehead atoms. The summed E-state index contributed by atoms with van der Waals surface area (Å²) in [6.07, 6.45) is 0. The van der Waals surface area contributed by atoms with Crippen molar-refractivity contribution < 1.29 is 9.59 Å². The number of rotatable bonds is 3. The van der Waals surface area contributed by atoms with Gasteiger partial charge in [-0.1, -0.05) is 0 Å². The molecule has 0 unspecified atom stereocenters. The highest BCUT2D eigenvalue weighted by Crippen LogP contribution is 2.31. The van der Waals surface area contributed by atoms with E-state index < -0.39 is 0 Å². The van der Waals surface area contributed by atoms with Gasteiger partial charge in [0.05, 0.1) is 5.69 Å². The lowest BCUT2D eigenvalue weighted by Gasteiger charge is -2.20. The summed E-state index contributed by atoms with van der Waals surface area (Å²) in [5.41, 5.74) is 5.30. The van der Waals surface area contributed by atoms with E-state index in [2.05, 4.69) is 10.6 Å². The summed E-state index contributed by atoms with van der Waals surface area (Å²) in [7, 11) is 0. The van der Waals surface area contributed by atoms with Crippen LogP contribution < -0.4 is 10.6 Å². The zero-order valence-electron chi connectivity index (χ0n) is 13.4. The van der Waals surface area contributed by atoms with E-state index in [-0.39, 0.29) is 17.9 Å². The van der Waals surface area contributed by atoms with Gasteiger partial charge in [0.25, 0.3) is 0 Å². The molecule has 0 fully saturated rings. The fourth-order valence-electron chi connectivity index (χ4n) is 2.32. The number of benzene rings is 1. The molecule has 0 aliphatic heterocycles. The van der Waals surface area contributed by atoms with E-state index in [1.165, 1.54) is 6.92 Å². The minimum absolute atomic E-state index is 0.0338. The molecule has 4 nitrogen and oxygen atoms in total. The molecular weight excluding hydrogens is 252 g/mol. The summed E-state index contributed by atoms with van der Waals surface area (Å²) in [6.45, 7) is 13.2. The third-order valence-corrected chi connectivity index (χ3v) is 3.70. The molecule has 0 saturated heterocycles. The fraction of sp³-hybridized carbons (Fsp3) is 0.500. The Morgan fingerprint density at radius 3 is 1.85 bits per heavy atom. The van der Waals surface area contributed by atoms with Crippen LogP contribution in [0.5, 0.6) is 0 Å². The number of amides is 2. The molecule has 0 radical (unpaired) electrons. The Bertz CT molecular complexity index is 560. The Labute approximate surface area is 121 Å². The van der Waals surface area contributed by atoms with Crippen molar-refractivity contribution in [2.45, 2.75) is 54.5 Å². The van der Waals surface area contributed by atoms with Crippen LogP contribution in [0.2, 0.25) is 0 Å². The van der Waals surface area contributed by atoms with Crippen LogP contribution in [0.15, 0.2) is 0 Å². The second kappa shape index (κ2) is 6.07. The Morgan fingerprint density at radius 2 is 1.40 bits per heavy atom. The first-order valence-electron chi connectivity index (χ1n) is 6.85. The van der Waals surface area contributed by atoms with Crippen molar-refractivity contribution in [3.63, 3.8) is 0 Å². The van der Waals surface area contributed by atoms with Crippen LogP contribution in [0.4, 0.5) is 10.5 Å². The average Bonchev–Trinajstić information content (AvgIpc) is 2.32. The second-order valence-electron chi connectivity index (χ2n) is 5.56. The van der Waals surface area contributed by atoms with Gasteiger partial charge in [0.15, 0.2) is 5.78 Å². The summed E-state index contributed by atoms with van der Waals surface area (Å²) in [4.78, 5) is 23.9. The van der Waals surface area contributed by atoms with Gasteiger partial charge in [-0.3, -0.25) is 4.79 Å². The first kappa shape index (κ1) is 16.2. The Kier molecular flexibility index (Phi) is 4.93. The Balaban J connectivity index is 3.37. The molecule has 0 aromatic heterocycles. The normalized spacial score (nSPS) is 10.6. The monoisotopic (exact) mass is 276 g/mol. The summed E-state index contributed by atoms with van der Waals surface area (Å²) >= 11 is 0. The molecule has 0 heterocycles. The Morgan fingerprint density at radius 1 is 0.900 bits per heavy atom. The molecule has 0 aliphatic rings. The number of carbonyl (C=O) groups excluding carboxylic acids is 2. The molecule has 2 N–H and O–H groups in total. The number of ketones is 1. The van der Waals surface area contributed by atoms with E-state index in [0.29, 0.717) is 11.3 Å². The number of nitrogens with one attached hydrogen (secondary N) is 2. The van der Waals surface area contributed by atoms with Gasteiger partial charge in [-0.15, -0.1) is 0 Å². The van der Waals surface area contributed by atoms with Gasteiger partial charge in [0.2, 0.25) is 0 Å². The molecule has 110 valence electrons. The van der Waals surface area contributed by atoms with Crippen LogP contribution in [-0.2, 0) is 0 Å². The molecule has 0 spiro atoms. The van der Waals surface area contributed by atoms with Crippen LogP contribution >= 0.6 is 0 Å². The Hall–Kier alpha value is -1.84. The van der Waals surface area contributed by atoms with Crippen LogP contribution in [0, 0.1) is 27.7 Å². The molecule has 2 amide bonds. The van der Waals surface area contributed by atoms with Crippen molar-refractivity contribution in [3.8, 4) is 0 Å². The van der Waals surface area contributed by atoms with Gasteiger partial charge in [0, 0.05) is 11.6 Å². The molecule has 0 atom stereocenters. The molecule has 1 rings (SSSR count). The topological polar surface area (TPSA) is 58.2 Å². The number of hydrogen-bond acceptors (Lipinski definition) is 2. The van der Waals surface area contributed by atoms with Gasteiger partial charge in [-0.05, 0) is 70.7 Å². The minimum Gasteiger partial charge on any atom is -0.336 e. The van der Waals surface area contributed by atoms with Crippen molar-refractivity contribution in [3.05, 3.63) is 27.8 Å². The van der Waals surface area contributed by atoms with Crippen molar-refractivity contribution in [1.82, 2.24) is 5.32 Å². The highest BCUT2D eigenvalue weighted by Gasteiger charge is 2.19. The van der Waals surface area contributed by atoms with E-state index in [0.717, 1.165) is 22.3 Å². The van der Waals surface area contributed by atoms with Crippen LogP contribution in [0.1, 0.15) is 53.4 Å². The van der Waals surface area contributed by atoms with Crippen molar-refractivity contribution >= 4 is 17.5 Å². The maximum absolute atomic E-state index is 11.9. The lowest BCUT2D eigenvalue weighted by atomic mass is 9.90. The van der Waals surface area contributed by atoms with Gasteiger partial charge in [-0.2, -0.15) is 0 Å². The predicted molar refractivity (Wildman–Crippen MR) is 82.7 cm³/mol. The third-order valence-electron chi connectivity index (χ3n) is 3.70. The predicted octanol–water partition coefficient (Wildman–Crippen LogP) is 3.65. The molecule has 0 aliphatic carbocycles. The molecule has 1 aromatic rings. The quantitative estimate of drug-likeness (QED) is 0.828. The van der Waals surface area contributed by atoms with Crippen molar-refractivity contribution in [2.75, 3.05) is 5.32 Å². The van der Waals surface area contributed by atoms with Crippen molar-refractivity contribution in [2.24, 2.45) is 0 Å². The van der Waals surface area contributed by atoms with Gasteiger partial charge >= 0.3 is 6.03 Å². The molecule has 4 heteroatoms. The lowest BCUT2D eigenvalue weighted by Crippen LogP contribution is -2.35. The van der Waals surface area contributed by atoms with Crippen LogP contribution in [-0.4, -0.2) is 17.9 Å². The molecule has 1 aromatic carbocycles. The maximum atomic E-state index is 11.9. The first-order valence-corrected chi connectivity index (χ1v) is 6.85. The molecule has 20 heavy (non-hydrogen) atoms. The van der Waals surface area contributed by atoms with E-state index >= 15 is 0 Å². The van der Waals surface area contributed by atoms with Crippen LogP contribution in [0.25, 0.3) is 0 Å². The lowest BCUT2D eigenvalue weighted by molar-refractivity contribution is 0.101. The van der Waals surface area contributed by atoms with E-state index in [9.17, 15) is 9.59 Å².